The summed E-state index contributed by atoms with van der Waals surface area (Å²) in [6, 6.07) is 5.08. The minimum atomic E-state index is -0.805. The molecule has 0 spiro atoms. The molecule has 0 bridgehead atoms. The molecule has 26 heavy (non-hydrogen) atoms. The fraction of sp³-hybridized carbons (Fsp3) is 0.526. The molecule has 2 rings (SSSR count). The Morgan fingerprint density at radius 2 is 1.85 bits per heavy atom. The Balaban J connectivity index is 2.06. The minimum Gasteiger partial charge on any atom is -0.481 e. The molecule has 1 fully saturated rings. The molecule has 1 aliphatic heterocycles. The second kappa shape index (κ2) is 8.21. The average molecular weight is 361 g/mol. The molecule has 7 nitrogen and oxygen atoms in total. The average Bonchev–Trinajstić information content (AvgIpc) is 2.62. The largest absolute Gasteiger partial charge is 0.481 e. The van der Waals surface area contributed by atoms with E-state index >= 15 is 0 Å². The van der Waals surface area contributed by atoms with Crippen molar-refractivity contribution in [1.29, 1.82) is 0 Å². The second-order valence-electron chi connectivity index (χ2n) is 7.07. The number of nitrogens with zero attached hydrogens (tertiary/aromatic N) is 2. The summed E-state index contributed by atoms with van der Waals surface area (Å²) >= 11 is 0. The SMILES string of the molecule is Cc1ccc(NC(=O)N2CCC(C(=O)O)CC2)cc1C(=O)N(C)C(C)C. The Morgan fingerprint density at radius 1 is 1.23 bits per heavy atom. The number of urea groups is 1. The third kappa shape index (κ3) is 4.53. The van der Waals surface area contributed by atoms with Crippen molar-refractivity contribution in [2.75, 3.05) is 25.5 Å². The number of aryl methyl sites for hydroxylation is 1. The summed E-state index contributed by atoms with van der Waals surface area (Å²) < 4.78 is 0. The third-order valence-corrected chi connectivity index (χ3v) is 4.95. The van der Waals surface area contributed by atoms with Gasteiger partial charge in [-0.1, -0.05) is 6.07 Å². The fourth-order valence-corrected chi connectivity index (χ4v) is 2.89. The number of piperidine rings is 1. The van der Waals surface area contributed by atoms with Crippen LogP contribution in [0.3, 0.4) is 0 Å². The summed E-state index contributed by atoms with van der Waals surface area (Å²) in [7, 11) is 1.75. The minimum absolute atomic E-state index is 0.0793. The molecule has 1 aliphatic rings. The number of aliphatic carboxylic acids is 1. The van der Waals surface area contributed by atoms with E-state index in [1.807, 2.05) is 26.8 Å². The van der Waals surface area contributed by atoms with Crippen LogP contribution < -0.4 is 5.32 Å². The van der Waals surface area contributed by atoms with Crippen LogP contribution in [0.15, 0.2) is 18.2 Å². The molecule has 1 aromatic rings. The molecular formula is C19H27N3O4. The highest BCUT2D eigenvalue weighted by molar-refractivity contribution is 5.98. The van der Waals surface area contributed by atoms with Crippen LogP contribution in [0, 0.1) is 12.8 Å². The Morgan fingerprint density at radius 3 is 2.38 bits per heavy atom. The summed E-state index contributed by atoms with van der Waals surface area (Å²) in [5.41, 5.74) is 1.97. The Bertz CT molecular complexity index is 694. The number of carbonyl (C=O) groups excluding carboxylic acids is 2. The van der Waals surface area contributed by atoms with E-state index in [9.17, 15) is 14.4 Å². The lowest BCUT2D eigenvalue weighted by atomic mass is 9.97. The fourth-order valence-electron chi connectivity index (χ4n) is 2.89. The lowest BCUT2D eigenvalue weighted by Gasteiger charge is -2.30. The van der Waals surface area contributed by atoms with E-state index in [0.29, 0.717) is 37.2 Å². The third-order valence-electron chi connectivity index (χ3n) is 4.95. The van der Waals surface area contributed by atoms with Gasteiger partial charge in [-0.2, -0.15) is 0 Å². The Labute approximate surface area is 154 Å². The van der Waals surface area contributed by atoms with Gasteiger partial charge in [-0.3, -0.25) is 9.59 Å². The lowest BCUT2D eigenvalue weighted by Crippen LogP contribution is -2.42. The molecule has 7 heteroatoms. The van der Waals surface area contributed by atoms with Crippen LogP contribution >= 0.6 is 0 Å². The highest BCUT2D eigenvalue weighted by Gasteiger charge is 2.27. The van der Waals surface area contributed by atoms with Gasteiger partial charge in [-0.15, -0.1) is 0 Å². The second-order valence-corrected chi connectivity index (χ2v) is 7.07. The van der Waals surface area contributed by atoms with Gasteiger partial charge in [-0.25, -0.2) is 4.79 Å². The number of hydrogen-bond acceptors (Lipinski definition) is 3. The lowest BCUT2D eigenvalue weighted by molar-refractivity contribution is -0.143. The van der Waals surface area contributed by atoms with Crippen LogP contribution in [0.25, 0.3) is 0 Å². The first-order valence-corrected chi connectivity index (χ1v) is 8.87. The number of rotatable bonds is 4. The number of carbonyl (C=O) groups is 3. The number of anilines is 1. The number of carboxylic acids is 1. The quantitative estimate of drug-likeness (QED) is 0.863. The molecular weight excluding hydrogens is 334 g/mol. The number of amides is 3. The van der Waals surface area contributed by atoms with E-state index in [2.05, 4.69) is 5.32 Å². The monoisotopic (exact) mass is 361 g/mol. The number of likely N-dealkylation sites (tertiary alicyclic amines) is 1. The summed E-state index contributed by atoms with van der Waals surface area (Å²) in [6.07, 6.45) is 0.916. The zero-order chi connectivity index (χ0) is 19.4. The smallest absolute Gasteiger partial charge is 0.321 e. The molecule has 0 unspecified atom stereocenters. The van der Waals surface area contributed by atoms with Gasteiger partial charge in [0.05, 0.1) is 5.92 Å². The maximum Gasteiger partial charge on any atom is 0.321 e. The Kier molecular flexibility index (Phi) is 6.23. The molecule has 1 saturated heterocycles. The van der Waals surface area contributed by atoms with Crippen molar-refractivity contribution >= 4 is 23.6 Å². The topological polar surface area (TPSA) is 90.0 Å². The zero-order valence-electron chi connectivity index (χ0n) is 15.8. The molecule has 0 atom stereocenters. The molecule has 0 aliphatic carbocycles. The Hall–Kier alpha value is -2.57. The van der Waals surface area contributed by atoms with E-state index in [0.717, 1.165) is 5.56 Å². The molecule has 0 aromatic heterocycles. The maximum absolute atomic E-state index is 12.6. The first-order valence-electron chi connectivity index (χ1n) is 8.87. The number of benzene rings is 1. The zero-order valence-corrected chi connectivity index (χ0v) is 15.8. The van der Waals surface area contributed by atoms with Gasteiger partial charge in [-0.05, 0) is 51.3 Å². The van der Waals surface area contributed by atoms with Crippen molar-refractivity contribution in [1.82, 2.24) is 9.80 Å². The van der Waals surface area contributed by atoms with Crippen LogP contribution in [0.4, 0.5) is 10.5 Å². The standard InChI is InChI=1S/C19H27N3O4/c1-12(2)21(4)17(23)16-11-15(6-5-13(16)3)20-19(26)22-9-7-14(8-10-22)18(24)25/h5-6,11-12,14H,7-10H2,1-4H3,(H,20,26)(H,24,25). The summed E-state index contributed by atoms with van der Waals surface area (Å²) in [6.45, 7) is 6.58. The normalized spacial score (nSPS) is 15.0. The predicted octanol–water partition coefficient (Wildman–Crippen LogP) is 2.80. The molecule has 142 valence electrons. The number of carboxylic acid groups (broad SMARTS) is 1. The number of nitrogens with one attached hydrogen (secondary N) is 1. The van der Waals surface area contributed by atoms with E-state index in [-0.39, 0.29) is 23.9 Å². The molecule has 1 heterocycles. The van der Waals surface area contributed by atoms with Crippen LogP contribution in [0.1, 0.15) is 42.6 Å². The molecule has 0 saturated carbocycles. The van der Waals surface area contributed by atoms with Crippen molar-refractivity contribution in [3.63, 3.8) is 0 Å². The van der Waals surface area contributed by atoms with Crippen LogP contribution in [0.2, 0.25) is 0 Å². The highest BCUT2D eigenvalue weighted by Crippen LogP contribution is 2.21. The van der Waals surface area contributed by atoms with Gasteiger partial charge in [0.15, 0.2) is 0 Å². The van der Waals surface area contributed by atoms with E-state index < -0.39 is 5.97 Å². The van der Waals surface area contributed by atoms with Gasteiger partial charge in [0.1, 0.15) is 0 Å². The van der Waals surface area contributed by atoms with E-state index in [1.54, 1.807) is 29.0 Å². The molecule has 3 amide bonds. The van der Waals surface area contributed by atoms with Gasteiger partial charge < -0.3 is 20.2 Å². The first-order chi connectivity index (χ1) is 12.2. The van der Waals surface area contributed by atoms with Crippen molar-refractivity contribution in [2.45, 2.75) is 39.7 Å². The molecule has 0 radical (unpaired) electrons. The predicted molar refractivity (Wildman–Crippen MR) is 99.4 cm³/mol. The molecule has 1 aromatic carbocycles. The van der Waals surface area contributed by atoms with Gasteiger partial charge in [0.25, 0.3) is 5.91 Å². The number of hydrogen-bond donors (Lipinski definition) is 2. The van der Waals surface area contributed by atoms with Gasteiger partial charge in [0.2, 0.25) is 0 Å². The van der Waals surface area contributed by atoms with Gasteiger partial charge in [0, 0.05) is 37.4 Å². The highest BCUT2D eigenvalue weighted by atomic mass is 16.4. The van der Waals surface area contributed by atoms with Gasteiger partial charge >= 0.3 is 12.0 Å². The van der Waals surface area contributed by atoms with Crippen molar-refractivity contribution < 1.29 is 19.5 Å². The van der Waals surface area contributed by atoms with Crippen LogP contribution in [0.5, 0.6) is 0 Å². The summed E-state index contributed by atoms with van der Waals surface area (Å²) in [5, 5.41) is 11.9. The maximum atomic E-state index is 12.6. The van der Waals surface area contributed by atoms with E-state index in [4.69, 9.17) is 5.11 Å². The summed E-state index contributed by atoms with van der Waals surface area (Å²) in [4.78, 5) is 39.3. The first kappa shape index (κ1) is 19.8. The van der Waals surface area contributed by atoms with Crippen molar-refractivity contribution in [2.24, 2.45) is 5.92 Å². The van der Waals surface area contributed by atoms with Crippen molar-refractivity contribution in [3.8, 4) is 0 Å². The van der Waals surface area contributed by atoms with Crippen molar-refractivity contribution in [3.05, 3.63) is 29.3 Å². The molecule has 2 N–H and O–H groups in total. The van der Waals surface area contributed by atoms with Crippen LogP contribution in [-0.2, 0) is 4.79 Å². The van der Waals surface area contributed by atoms with E-state index in [1.165, 1.54) is 0 Å². The summed E-state index contributed by atoms with van der Waals surface area (Å²) in [5.74, 6) is -1.27. The van der Waals surface area contributed by atoms with Crippen LogP contribution in [-0.4, -0.2) is 59.0 Å².